The first kappa shape index (κ1) is 52.1. The molecule has 0 aliphatic heterocycles. The Morgan fingerprint density at radius 1 is 0.187 bits per heavy atom. The fourth-order valence-electron chi connectivity index (χ4n) is 14.4. The van der Waals surface area contributed by atoms with Gasteiger partial charge in [0.1, 0.15) is 11.2 Å². The number of benzene rings is 17. The van der Waals surface area contributed by atoms with Crippen LogP contribution in [0.2, 0.25) is 0 Å². The van der Waals surface area contributed by atoms with E-state index in [4.69, 9.17) is 4.42 Å². The third-order valence-corrected chi connectivity index (χ3v) is 18.8. The first-order valence-electron chi connectivity index (χ1n) is 31.3. The number of hydrogen-bond donors (Lipinski definition) is 0. The van der Waals surface area contributed by atoms with Crippen LogP contribution in [-0.2, 0) is 0 Å². The molecule has 0 saturated heterocycles. The number of anilines is 6. The van der Waals surface area contributed by atoms with Crippen molar-refractivity contribution >= 4 is 131 Å². The van der Waals surface area contributed by atoms with Crippen LogP contribution in [0.25, 0.3) is 142 Å². The van der Waals surface area contributed by atoms with Gasteiger partial charge in [-0.25, -0.2) is 0 Å². The van der Waals surface area contributed by atoms with E-state index in [1.165, 1.54) is 92.1 Å². The summed E-state index contributed by atoms with van der Waals surface area (Å²) in [5.41, 5.74) is 17.4. The Balaban J connectivity index is 0.784. The minimum Gasteiger partial charge on any atom is -0.456 e. The molecule has 3 heteroatoms. The number of furan rings is 1. The second kappa shape index (κ2) is 21.4. The standard InChI is InChI=1S/C88H56N2O/c1-2-17-57(18-3-1)61-41-49-75-66(51-61)35-36-67-54-71(47-50-76(67)75)89(68-43-37-58(38-44-68)62-42-48-74-65(52-62)34-33-59-19-4-6-23-72(59)74)84-31-14-12-25-77(84)63-21-16-22-70(53-63)90(85-55-64-20-5-7-24-73(64)78-26-8-10-28-80(78)85)69-45-39-60(40-46-69)83-56-87-88(81-29-11-9-27-79(81)83)82-30-13-15-32-86(82)91-87/h1-56H. The molecule has 17 aromatic carbocycles. The Labute approximate surface area is 526 Å². The SMILES string of the molecule is c1ccc(-c2ccc3c(ccc4cc(N(c5ccc(-c6ccc7c(ccc8ccccc87)c6)cc5)c5ccccc5-c5cccc(N(c6ccc(-c7cc8oc9ccccc9c8c8ccccc78)cc6)c6cc7ccccc7c7ccccc67)c5)ccc43)c2)cc1. The zero-order valence-electron chi connectivity index (χ0n) is 49.6. The molecule has 0 unspecified atom stereocenters. The van der Waals surface area contributed by atoms with E-state index in [1.54, 1.807) is 0 Å². The van der Waals surface area contributed by atoms with Crippen molar-refractivity contribution in [1.82, 2.24) is 0 Å². The highest BCUT2D eigenvalue weighted by molar-refractivity contribution is 6.22. The predicted molar refractivity (Wildman–Crippen MR) is 387 cm³/mol. The lowest BCUT2D eigenvalue weighted by atomic mass is 9.94. The monoisotopic (exact) mass is 1160 g/mol. The molecule has 0 amide bonds. The van der Waals surface area contributed by atoms with Gasteiger partial charge in [-0.2, -0.15) is 0 Å². The molecule has 91 heavy (non-hydrogen) atoms. The van der Waals surface area contributed by atoms with Gasteiger partial charge in [0.2, 0.25) is 0 Å². The molecule has 0 fully saturated rings. The number of hydrogen-bond acceptors (Lipinski definition) is 3. The van der Waals surface area contributed by atoms with Gasteiger partial charge in [0.25, 0.3) is 0 Å². The lowest BCUT2D eigenvalue weighted by Gasteiger charge is -2.30. The highest BCUT2D eigenvalue weighted by Crippen LogP contribution is 2.48. The second-order valence-corrected chi connectivity index (χ2v) is 23.9. The summed E-state index contributed by atoms with van der Waals surface area (Å²) in [7, 11) is 0. The van der Waals surface area contributed by atoms with Gasteiger partial charge in [-0.05, 0) is 194 Å². The van der Waals surface area contributed by atoms with Crippen LogP contribution in [0.1, 0.15) is 0 Å². The summed E-state index contributed by atoms with van der Waals surface area (Å²) in [6.45, 7) is 0. The molecule has 0 spiro atoms. The van der Waals surface area contributed by atoms with Crippen molar-refractivity contribution < 1.29 is 4.42 Å². The van der Waals surface area contributed by atoms with Crippen molar-refractivity contribution in [3.05, 3.63) is 340 Å². The molecule has 0 atom stereocenters. The normalized spacial score (nSPS) is 11.7. The molecule has 18 aromatic rings. The van der Waals surface area contributed by atoms with Gasteiger partial charge >= 0.3 is 0 Å². The average Bonchev–Trinajstić information content (AvgIpc) is 1.80. The second-order valence-electron chi connectivity index (χ2n) is 23.9. The molecule has 3 nitrogen and oxygen atoms in total. The van der Waals surface area contributed by atoms with Crippen molar-refractivity contribution in [1.29, 1.82) is 0 Å². The molecular weight excluding hydrogens is 1100 g/mol. The van der Waals surface area contributed by atoms with Gasteiger partial charge in [-0.15, -0.1) is 0 Å². The molecular formula is C88H56N2O. The number of fused-ring (bicyclic) bond motifs is 14. The van der Waals surface area contributed by atoms with E-state index in [9.17, 15) is 0 Å². The summed E-state index contributed by atoms with van der Waals surface area (Å²) < 4.78 is 6.58. The smallest absolute Gasteiger partial charge is 0.136 e. The summed E-state index contributed by atoms with van der Waals surface area (Å²) in [6.07, 6.45) is 0. The minimum absolute atomic E-state index is 0.887. The Kier molecular flexibility index (Phi) is 12.2. The Morgan fingerprint density at radius 2 is 0.648 bits per heavy atom. The third kappa shape index (κ3) is 8.89. The van der Waals surface area contributed by atoms with E-state index >= 15 is 0 Å². The van der Waals surface area contributed by atoms with Gasteiger partial charge in [0.05, 0.1) is 11.4 Å². The van der Waals surface area contributed by atoms with Crippen LogP contribution in [0.3, 0.4) is 0 Å². The van der Waals surface area contributed by atoms with Gasteiger partial charge in [-0.3, -0.25) is 0 Å². The minimum atomic E-state index is 0.887. The maximum Gasteiger partial charge on any atom is 0.136 e. The number of para-hydroxylation sites is 2. The van der Waals surface area contributed by atoms with E-state index in [1.807, 2.05) is 6.07 Å². The molecule has 0 N–H and O–H groups in total. The maximum absolute atomic E-state index is 6.58. The van der Waals surface area contributed by atoms with Crippen LogP contribution < -0.4 is 9.80 Å². The molecule has 18 rings (SSSR count). The largest absolute Gasteiger partial charge is 0.456 e. The molecule has 0 radical (unpaired) electrons. The van der Waals surface area contributed by atoms with Crippen molar-refractivity contribution in [3.63, 3.8) is 0 Å². The summed E-state index contributed by atoms with van der Waals surface area (Å²) in [5.74, 6) is 0. The van der Waals surface area contributed by atoms with Gasteiger partial charge < -0.3 is 14.2 Å². The number of rotatable bonds is 10. The van der Waals surface area contributed by atoms with Crippen LogP contribution in [0.5, 0.6) is 0 Å². The van der Waals surface area contributed by atoms with E-state index in [0.29, 0.717) is 0 Å². The van der Waals surface area contributed by atoms with E-state index in [2.05, 4.69) is 343 Å². The molecule has 0 bridgehead atoms. The van der Waals surface area contributed by atoms with Crippen molar-refractivity contribution in [3.8, 4) is 44.5 Å². The highest BCUT2D eigenvalue weighted by atomic mass is 16.3. The van der Waals surface area contributed by atoms with E-state index in [0.717, 1.165) is 83.9 Å². The average molecular weight is 1160 g/mol. The molecule has 1 aromatic heterocycles. The topological polar surface area (TPSA) is 19.6 Å². The highest BCUT2D eigenvalue weighted by Gasteiger charge is 2.23. The maximum atomic E-state index is 6.58. The first-order chi connectivity index (χ1) is 45.1. The predicted octanol–water partition coefficient (Wildman–Crippen LogP) is 25.3. The van der Waals surface area contributed by atoms with Gasteiger partial charge in [-0.1, -0.05) is 255 Å². The lowest BCUT2D eigenvalue weighted by molar-refractivity contribution is 0.669. The molecule has 0 saturated carbocycles. The summed E-state index contributed by atoms with van der Waals surface area (Å²) in [6, 6.07) is 125. The Hall–Kier alpha value is -12.0. The summed E-state index contributed by atoms with van der Waals surface area (Å²) in [4.78, 5) is 4.90. The van der Waals surface area contributed by atoms with Crippen molar-refractivity contribution in [2.45, 2.75) is 0 Å². The quantitative estimate of drug-likeness (QED) is 0.127. The zero-order chi connectivity index (χ0) is 59.9. The van der Waals surface area contributed by atoms with Crippen molar-refractivity contribution in [2.75, 3.05) is 9.80 Å². The summed E-state index contributed by atoms with van der Waals surface area (Å²) >= 11 is 0. The fraction of sp³-hybridized carbons (Fsp3) is 0. The molecule has 0 aliphatic carbocycles. The lowest BCUT2D eigenvalue weighted by Crippen LogP contribution is -2.12. The van der Waals surface area contributed by atoms with Crippen molar-refractivity contribution in [2.24, 2.45) is 0 Å². The van der Waals surface area contributed by atoms with E-state index < -0.39 is 0 Å². The van der Waals surface area contributed by atoms with Gasteiger partial charge in [0.15, 0.2) is 0 Å². The van der Waals surface area contributed by atoms with E-state index in [-0.39, 0.29) is 0 Å². The molecule has 1 heterocycles. The molecule has 424 valence electrons. The van der Waals surface area contributed by atoms with Crippen LogP contribution >= 0.6 is 0 Å². The third-order valence-electron chi connectivity index (χ3n) is 18.8. The van der Waals surface area contributed by atoms with Crippen LogP contribution in [0.15, 0.2) is 344 Å². The van der Waals surface area contributed by atoms with Crippen LogP contribution in [-0.4, -0.2) is 0 Å². The van der Waals surface area contributed by atoms with Crippen LogP contribution in [0, 0.1) is 0 Å². The first-order valence-corrected chi connectivity index (χ1v) is 31.3. The Morgan fingerprint density at radius 3 is 1.37 bits per heavy atom. The number of nitrogens with zero attached hydrogens (tertiary/aromatic N) is 2. The summed E-state index contributed by atoms with van der Waals surface area (Å²) in [5, 5.41) is 19.3. The molecule has 0 aliphatic rings. The van der Waals surface area contributed by atoms with Crippen LogP contribution in [0.4, 0.5) is 34.1 Å². The zero-order valence-corrected chi connectivity index (χ0v) is 49.6. The van der Waals surface area contributed by atoms with Gasteiger partial charge in [0, 0.05) is 44.5 Å². The fourth-order valence-corrected chi connectivity index (χ4v) is 14.4. The Bertz CT molecular complexity index is 5900.